The molecular weight excluding hydrogens is 428 g/mol. The van der Waals surface area contributed by atoms with Crippen LogP contribution < -0.4 is 4.90 Å². The van der Waals surface area contributed by atoms with Gasteiger partial charge in [0.1, 0.15) is 5.41 Å². The van der Waals surface area contributed by atoms with Crippen LogP contribution in [0.3, 0.4) is 0 Å². The highest BCUT2D eigenvalue weighted by atomic mass is 16.5. The van der Waals surface area contributed by atoms with Gasteiger partial charge in [0.2, 0.25) is 5.91 Å². The number of aromatic nitrogens is 2. The molecule has 1 fully saturated rings. The van der Waals surface area contributed by atoms with E-state index in [0.29, 0.717) is 19.6 Å². The molecule has 0 unspecified atom stereocenters. The highest BCUT2D eigenvalue weighted by Gasteiger charge is 2.59. The van der Waals surface area contributed by atoms with Crippen molar-refractivity contribution in [3.8, 4) is 11.1 Å². The minimum absolute atomic E-state index is 0.00973. The minimum atomic E-state index is -0.738. The van der Waals surface area contributed by atoms with E-state index in [2.05, 4.69) is 11.1 Å². The molecule has 2 amide bonds. The van der Waals surface area contributed by atoms with E-state index in [9.17, 15) is 9.59 Å². The van der Waals surface area contributed by atoms with Gasteiger partial charge in [-0.3, -0.25) is 14.8 Å². The first-order valence-corrected chi connectivity index (χ1v) is 11.1. The normalized spacial score (nSPS) is 16.0. The number of anilines is 1. The second-order valence-electron chi connectivity index (χ2n) is 8.72. The number of hydrogen-bond donors (Lipinski definition) is 0. The predicted molar refractivity (Wildman–Crippen MR) is 128 cm³/mol. The van der Waals surface area contributed by atoms with Crippen LogP contribution in [0.4, 0.5) is 10.5 Å². The van der Waals surface area contributed by atoms with Crippen molar-refractivity contribution >= 4 is 28.5 Å². The lowest BCUT2D eigenvalue weighted by Gasteiger charge is -2.45. The molecule has 2 aliphatic rings. The number of likely N-dealkylation sites (tertiary alicyclic amines) is 1. The zero-order valence-corrected chi connectivity index (χ0v) is 18.6. The molecule has 34 heavy (non-hydrogen) atoms. The van der Waals surface area contributed by atoms with Gasteiger partial charge < -0.3 is 14.5 Å². The Morgan fingerprint density at radius 3 is 2.56 bits per heavy atom. The van der Waals surface area contributed by atoms with Gasteiger partial charge in [-0.15, -0.1) is 0 Å². The van der Waals surface area contributed by atoms with Crippen molar-refractivity contribution in [3.05, 3.63) is 90.5 Å². The maximum absolute atomic E-state index is 13.8. The molecule has 1 spiro atoms. The highest BCUT2D eigenvalue weighted by molar-refractivity contribution is 6.10. The van der Waals surface area contributed by atoms with Gasteiger partial charge in [0.25, 0.3) is 0 Å². The summed E-state index contributed by atoms with van der Waals surface area (Å²) in [6.07, 6.45) is 4.98. The average molecular weight is 450 g/mol. The molecule has 4 aromatic rings. The highest BCUT2D eigenvalue weighted by Crippen LogP contribution is 2.48. The maximum Gasteiger partial charge on any atom is 0.409 e. The quantitative estimate of drug-likeness (QED) is 0.468. The molecule has 0 aliphatic carbocycles. The molecule has 168 valence electrons. The van der Waals surface area contributed by atoms with Gasteiger partial charge >= 0.3 is 6.09 Å². The van der Waals surface area contributed by atoms with Crippen molar-refractivity contribution < 1.29 is 14.3 Å². The molecule has 4 heterocycles. The number of fused-ring (bicyclic) bond motifs is 3. The van der Waals surface area contributed by atoms with Crippen molar-refractivity contribution in [2.45, 2.75) is 12.0 Å². The van der Waals surface area contributed by atoms with Crippen LogP contribution in [0.25, 0.3) is 21.9 Å². The summed E-state index contributed by atoms with van der Waals surface area (Å²) in [6, 6.07) is 19.9. The Morgan fingerprint density at radius 1 is 1.03 bits per heavy atom. The number of amides is 2. The number of carbonyl (C=O) groups excluding carboxylic acids is 2. The Morgan fingerprint density at radius 2 is 1.76 bits per heavy atom. The summed E-state index contributed by atoms with van der Waals surface area (Å²) in [5, 5.41) is 2.12. The smallest absolute Gasteiger partial charge is 0.409 e. The predicted octanol–water partition coefficient (Wildman–Crippen LogP) is 4.16. The fraction of sp³-hybridized carbons (Fsp3) is 0.185. The SMILES string of the molecule is COC(=O)N1CC2(C1)C(=O)N(Cc1ncc3ccccc3c1-c1ccncc1)c1ccccc12. The number of pyridine rings is 2. The Labute approximate surface area is 196 Å². The number of ether oxygens (including phenoxy) is 1. The topological polar surface area (TPSA) is 75.6 Å². The van der Waals surface area contributed by atoms with Gasteiger partial charge in [0.05, 0.1) is 19.3 Å². The van der Waals surface area contributed by atoms with Crippen LogP contribution in [0.5, 0.6) is 0 Å². The monoisotopic (exact) mass is 450 g/mol. The summed E-state index contributed by atoms with van der Waals surface area (Å²) in [5.41, 5.74) is 3.90. The zero-order valence-electron chi connectivity index (χ0n) is 18.6. The molecular formula is C27H22N4O3. The molecule has 2 aromatic carbocycles. The summed E-state index contributed by atoms with van der Waals surface area (Å²) in [7, 11) is 1.36. The second-order valence-corrected chi connectivity index (χ2v) is 8.72. The Balaban J connectivity index is 1.44. The van der Waals surface area contributed by atoms with E-state index in [-0.39, 0.29) is 5.91 Å². The van der Waals surface area contributed by atoms with Crippen LogP contribution in [0.2, 0.25) is 0 Å². The number of rotatable bonds is 3. The molecule has 0 N–H and O–H groups in total. The fourth-order valence-corrected chi connectivity index (χ4v) is 5.24. The van der Waals surface area contributed by atoms with Gasteiger partial charge in [-0.1, -0.05) is 42.5 Å². The number of carbonyl (C=O) groups is 2. The van der Waals surface area contributed by atoms with Crippen molar-refractivity contribution in [2.75, 3.05) is 25.1 Å². The van der Waals surface area contributed by atoms with Crippen molar-refractivity contribution in [3.63, 3.8) is 0 Å². The van der Waals surface area contributed by atoms with E-state index in [1.165, 1.54) is 7.11 Å². The van der Waals surface area contributed by atoms with Gasteiger partial charge in [-0.25, -0.2) is 4.79 Å². The van der Waals surface area contributed by atoms with Crippen molar-refractivity contribution in [2.24, 2.45) is 0 Å². The van der Waals surface area contributed by atoms with Crippen LogP contribution in [0, 0.1) is 0 Å². The fourth-order valence-electron chi connectivity index (χ4n) is 5.24. The molecule has 0 atom stereocenters. The van der Waals surface area contributed by atoms with Crippen molar-refractivity contribution in [1.29, 1.82) is 0 Å². The molecule has 2 aromatic heterocycles. The Kier molecular flexibility index (Phi) is 4.58. The standard InChI is InChI=1S/C27H22N4O3/c1-34-26(33)30-16-27(17-30)21-8-4-5-9-23(21)31(25(27)32)15-22-24(18-10-12-28-13-11-18)20-7-3-2-6-19(20)14-29-22/h2-14H,15-17H2,1H3. The van der Waals surface area contributed by atoms with Gasteiger partial charge in [-0.2, -0.15) is 0 Å². The third kappa shape index (κ3) is 2.90. The maximum atomic E-state index is 13.8. The van der Waals surface area contributed by atoms with Gasteiger partial charge in [0, 0.05) is 48.3 Å². The Bertz CT molecular complexity index is 1430. The molecule has 6 rings (SSSR count). The van der Waals surface area contributed by atoms with Crippen LogP contribution in [-0.4, -0.2) is 47.1 Å². The molecule has 0 radical (unpaired) electrons. The Hall–Kier alpha value is -4.26. The molecule has 7 heteroatoms. The van der Waals surface area contributed by atoms with Crippen molar-refractivity contribution in [1.82, 2.24) is 14.9 Å². The average Bonchev–Trinajstić information content (AvgIpc) is 3.11. The second kappa shape index (κ2) is 7.66. The molecule has 1 saturated heterocycles. The van der Waals surface area contributed by atoms with E-state index in [1.54, 1.807) is 17.3 Å². The van der Waals surface area contributed by atoms with Crippen LogP contribution in [-0.2, 0) is 21.5 Å². The van der Waals surface area contributed by atoms with Crippen LogP contribution >= 0.6 is 0 Å². The summed E-state index contributed by atoms with van der Waals surface area (Å²) in [4.78, 5) is 38.2. The number of benzene rings is 2. The molecule has 0 saturated carbocycles. The lowest BCUT2D eigenvalue weighted by atomic mass is 9.75. The first-order valence-electron chi connectivity index (χ1n) is 11.1. The van der Waals surface area contributed by atoms with Gasteiger partial charge in [0.15, 0.2) is 0 Å². The van der Waals surface area contributed by atoms with Gasteiger partial charge in [-0.05, 0) is 34.7 Å². The zero-order chi connectivity index (χ0) is 23.3. The third-order valence-electron chi connectivity index (χ3n) is 6.87. The first kappa shape index (κ1) is 20.4. The van der Waals surface area contributed by atoms with E-state index in [4.69, 9.17) is 9.72 Å². The number of para-hydroxylation sites is 1. The largest absolute Gasteiger partial charge is 0.453 e. The summed E-state index contributed by atoms with van der Waals surface area (Å²) in [5.74, 6) is -0.00973. The van der Waals surface area contributed by atoms with Crippen LogP contribution in [0.15, 0.2) is 79.3 Å². The van der Waals surface area contributed by atoms with E-state index < -0.39 is 11.5 Å². The molecule has 7 nitrogen and oxygen atoms in total. The summed E-state index contributed by atoms with van der Waals surface area (Å²) < 4.78 is 4.86. The minimum Gasteiger partial charge on any atom is -0.453 e. The molecule has 2 aliphatic heterocycles. The first-order chi connectivity index (χ1) is 16.6. The van der Waals surface area contributed by atoms with E-state index in [1.807, 2.05) is 65.7 Å². The number of nitrogens with zero attached hydrogens (tertiary/aromatic N) is 4. The summed E-state index contributed by atoms with van der Waals surface area (Å²) >= 11 is 0. The van der Waals surface area contributed by atoms with E-state index in [0.717, 1.165) is 38.8 Å². The number of methoxy groups -OCH3 is 1. The molecule has 0 bridgehead atoms. The van der Waals surface area contributed by atoms with Crippen LogP contribution in [0.1, 0.15) is 11.3 Å². The summed E-state index contributed by atoms with van der Waals surface area (Å²) in [6.45, 7) is 0.959. The number of hydrogen-bond acceptors (Lipinski definition) is 5. The lowest BCUT2D eigenvalue weighted by molar-refractivity contribution is -0.128. The lowest BCUT2D eigenvalue weighted by Crippen LogP contribution is -2.65. The third-order valence-corrected chi connectivity index (χ3v) is 6.87. The van der Waals surface area contributed by atoms with E-state index >= 15 is 0 Å².